The highest BCUT2D eigenvalue weighted by molar-refractivity contribution is 5.91. The van der Waals surface area contributed by atoms with E-state index >= 15 is 0 Å². The Morgan fingerprint density at radius 3 is 2.89 bits per heavy atom. The predicted molar refractivity (Wildman–Crippen MR) is 97.3 cm³/mol. The van der Waals surface area contributed by atoms with Crippen LogP contribution in [0.5, 0.6) is 0 Å². The molecule has 148 valence electrons. The molecule has 1 atom stereocenters. The maximum atomic E-state index is 12.5. The molecule has 3 rings (SSSR count). The minimum Gasteiger partial charge on any atom is -0.459 e. The van der Waals surface area contributed by atoms with Gasteiger partial charge in [-0.2, -0.15) is 0 Å². The standard InChI is InChI=1S/C18H28N6O3/c1-3-4-6-15(17-19-20-21-24(17)12-14-26-2)22-8-10-23(11-9-22)18(25)16-7-5-13-27-16/h5,7,13,15H,3-4,6,8-12,14H2,1-2H3/p+1/t15-/m0/s1. The van der Waals surface area contributed by atoms with E-state index in [1.165, 1.54) is 11.2 Å². The van der Waals surface area contributed by atoms with Crippen LogP contribution in [-0.2, 0) is 11.3 Å². The second-order valence-electron chi connectivity index (χ2n) is 6.88. The third-order valence-electron chi connectivity index (χ3n) is 5.14. The van der Waals surface area contributed by atoms with E-state index in [-0.39, 0.29) is 11.9 Å². The Hall–Kier alpha value is -2.26. The van der Waals surface area contributed by atoms with E-state index in [4.69, 9.17) is 9.15 Å². The number of carbonyl (C=O) groups is 1. The van der Waals surface area contributed by atoms with Crippen LogP contribution < -0.4 is 4.90 Å². The number of methoxy groups -OCH3 is 1. The lowest BCUT2D eigenvalue weighted by atomic mass is 10.1. The number of aromatic nitrogens is 4. The molecule has 9 nitrogen and oxygen atoms in total. The Bertz CT molecular complexity index is 694. The Kier molecular flexibility index (Phi) is 6.94. The summed E-state index contributed by atoms with van der Waals surface area (Å²) in [6, 6.07) is 3.70. The van der Waals surface area contributed by atoms with Crippen LogP contribution in [-0.4, -0.2) is 70.9 Å². The van der Waals surface area contributed by atoms with Crippen molar-refractivity contribution < 1.29 is 18.8 Å². The maximum absolute atomic E-state index is 12.5. The van der Waals surface area contributed by atoms with Gasteiger partial charge in [-0.25, -0.2) is 4.68 Å². The average Bonchev–Trinajstić information content (AvgIpc) is 3.39. The zero-order chi connectivity index (χ0) is 19.1. The molecular formula is C18H29N6O3+. The molecular weight excluding hydrogens is 348 g/mol. The van der Waals surface area contributed by atoms with Gasteiger partial charge in [-0.3, -0.25) is 4.79 Å². The van der Waals surface area contributed by atoms with Gasteiger partial charge >= 0.3 is 0 Å². The number of ether oxygens (including phenoxy) is 1. The van der Waals surface area contributed by atoms with Crippen LogP contribution in [0.2, 0.25) is 0 Å². The van der Waals surface area contributed by atoms with E-state index in [9.17, 15) is 4.79 Å². The fourth-order valence-corrected chi connectivity index (χ4v) is 3.62. The van der Waals surface area contributed by atoms with Gasteiger partial charge < -0.3 is 19.0 Å². The lowest BCUT2D eigenvalue weighted by Gasteiger charge is -2.35. The van der Waals surface area contributed by atoms with E-state index in [2.05, 4.69) is 22.4 Å². The van der Waals surface area contributed by atoms with Gasteiger partial charge in [0.2, 0.25) is 5.82 Å². The summed E-state index contributed by atoms with van der Waals surface area (Å²) >= 11 is 0. The molecule has 0 unspecified atom stereocenters. The minimum absolute atomic E-state index is 0.0333. The second-order valence-corrected chi connectivity index (χ2v) is 6.88. The summed E-state index contributed by atoms with van der Waals surface area (Å²) in [6.07, 6.45) is 4.83. The third-order valence-corrected chi connectivity index (χ3v) is 5.14. The first-order valence-corrected chi connectivity index (χ1v) is 9.67. The van der Waals surface area contributed by atoms with Crippen molar-refractivity contribution in [1.29, 1.82) is 0 Å². The van der Waals surface area contributed by atoms with Crippen LogP contribution in [0.4, 0.5) is 0 Å². The van der Waals surface area contributed by atoms with Gasteiger partial charge in [0, 0.05) is 13.5 Å². The number of piperazine rings is 1. The first-order chi connectivity index (χ1) is 13.2. The van der Waals surface area contributed by atoms with Gasteiger partial charge in [0.25, 0.3) is 5.91 Å². The van der Waals surface area contributed by atoms with Crippen molar-refractivity contribution in [2.75, 3.05) is 39.9 Å². The third kappa shape index (κ3) is 4.72. The molecule has 9 heteroatoms. The first-order valence-electron chi connectivity index (χ1n) is 9.67. The molecule has 0 radical (unpaired) electrons. The topological polar surface area (TPSA) is 90.7 Å². The number of tetrazole rings is 1. The number of amides is 1. The van der Waals surface area contributed by atoms with Crippen LogP contribution in [0.15, 0.2) is 22.8 Å². The van der Waals surface area contributed by atoms with Crippen LogP contribution in [0.25, 0.3) is 0 Å². The van der Waals surface area contributed by atoms with Crippen molar-refractivity contribution in [3.05, 3.63) is 30.0 Å². The lowest BCUT2D eigenvalue weighted by Crippen LogP contribution is -3.15. The van der Waals surface area contributed by atoms with Crippen molar-refractivity contribution in [3.63, 3.8) is 0 Å². The zero-order valence-electron chi connectivity index (χ0n) is 16.1. The number of hydrogen-bond acceptors (Lipinski definition) is 6. The number of carbonyl (C=O) groups excluding carboxylic acids is 1. The predicted octanol–water partition coefficient (Wildman–Crippen LogP) is 0.185. The summed E-state index contributed by atoms with van der Waals surface area (Å²) in [5.74, 6) is 1.29. The number of furan rings is 1. The Labute approximate surface area is 159 Å². The number of hydrogen-bond donors (Lipinski definition) is 1. The van der Waals surface area contributed by atoms with Crippen molar-refractivity contribution in [2.45, 2.75) is 38.8 Å². The van der Waals surface area contributed by atoms with E-state index in [1.54, 1.807) is 19.2 Å². The van der Waals surface area contributed by atoms with E-state index < -0.39 is 0 Å². The first kappa shape index (κ1) is 19.5. The normalized spacial score (nSPS) is 16.6. The van der Waals surface area contributed by atoms with E-state index in [1.807, 2.05) is 9.58 Å². The van der Waals surface area contributed by atoms with E-state index in [0.717, 1.165) is 38.2 Å². The Morgan fingerprint density at radius 1 is 1.41 bits per heavy atom. The Balaban J connectivity index is 1.66. The maximum Gasteiger partial charge on any atom is 0.289 e. The number of nitrogens with one attached hydrogen (secondary N) is 1. The smallest absolute Gasteiger partial charge is 0.289 e. The molecule has 0 aromatic carbocycles. The molecule has 0 saturated carbocycles. The lowest BCUT2D eigenvalue weighted by molar-refractivity contribution is -0.936. The van der Waals surface area contributed by atoms with Crippen molar-refractivity contribution in [2.24, 2.45) is 0 Å². The monoisotopic (exact) mass is 377 g/mol. The highest BCUT2D eigenvalue weighted by Crippen LogP contribution is 2.15. The summed E-state index contributed by atoms with van der Waals surface area (Å²) in [5.41, 5.74) is 0. The zero-order valence-corrected chi connectivity index (χ0v) is 16.1. The van der Waals surface area contributed by atoms with Gasteiger partial charge in [-0.05, 0) is 29.0 Å². The Morgan fingerprint density at radius 2 is 2.22 bits per heavy atom. The van der Waals surface area contributed by atoms with Gasteiger partial charge in [0.1, 0.15) is 6.04 Å². The minimum atomic E-state index is -0.0333. The molecule has 1 aliphatic rings. The van der Waals surface area contributed by atoms with Gasteiger partial charge in [-0.15, -0.1) is 5.10 Å². The molecule has 1 amide bonds. The fourth-order valence-electron chi connectivity index (χ4n) is 3.62. The van der Waals surface area contributed by atoms with Gasteiger partial charge in [-0.1, -0.05) is 13.3 Å². The van der Waals surface area contributed by atoms with Crippen LogP contribution in [0.3, 0.4) is 0 Å². The highest BCUT2D eigenvalue weighted by Gasteiger charge is 2.34. The van der Waals surface area contributed by atoms with E-state index in [0.29, 0.717) is 32.0 Å². The summed E-state index contributed by atoms with van der Waals surface area (Å²) in [7, 11) is 1.68. The fraction of sp³-hybridized carbons (Fsp3) is 0.667. The van der Waals surface area contributed by atoms with Gasteiger partial charge in [0.05, 0.1) is 45.6 Å². The number of rotatable bonds is 9. The number of quaternary nitrogens is 1. The molecule has 1 aliphatic heterocycles. The average molecular weight is 377 g/mol. The molecule has 1 saturated heterocycles. The molecule has 2 aromatic heterocycles. The van der Waals surface area contributed by atoms with Crippen molar-refractivity contribution in [1.82, 2.24) is 25.1 Å². The summed E-state index contributed by atoms with van der Waals surface area (Å²) in [6.45, 7) is 6.58. The molecule has 0 aliphatic carbocycles. The van der Waals surface area contributed by atoms with Crippen molar-refractivity contribution >= 4 is 5.91 Å². The SMILES string of the molecule is CCCC[C@@H](c1nnnn1CCOC)[NH+]1CCN(C(=O)c2ccco2)CC1. The quantitative estimate of drug-likeness (QED) is 0.671. The molecule has 2 aromatic rings. The van der Waals surface area contributed by atoms with Gasteiger partial charge in [0.15, 0.2) is 5.76 Å². The number of nitrogens with zero attached hydrogens (tertiary/aromatic N) is 5. The summed E-state index contributed by atoms with van der Waals surface area (Å²) in [4.78, 5) is 15.8. The van der Waals surface area contributed by atoms with Crippen LogP contribution in [0, 0.1) is 0 Å². The second kappa shape index (κ2) is 9.61. The molecule has 3 heterocycles. The molecule has 0 bridgehead atoms. The highest BCUT2D eigenvalue weighted by atomic mass is 16.5. The van der Waals surface area contributed by atoms with Crippen LogP contribution >= 0.6 is 0 Å². The molecule has 0 spiro atoms. The molecule has 27 heavy (non-hydrogen) atoms. The van der Waals surface area contributed by atoms with Crippen LogP contribution in [0.1, 0.15) is 48.6 Å². The largest absolute Gasteiger partial charge is 0.459 e. The summed E-state index contributed by atoms with van der Waals surface area (Å²) < 4.78 is 12.3. The summed E-state index contributed by atoms with van der Waals surface area (Å²) in [5, 5.41) is 12.4. The number of unbranched alkanes of at least 4 members (excludes halogenated alkanes) is 1. The van der Waals surface area contributed by atoms with Crippen molar-refractivity contribution in [3.8, 4) is 0 Å². The molecule has 1 N–H and O–H groups in total. The molecule has 1 fully saturated rings.